The van der Waals surface area contributed by atoms with Crippen LogP contribution in [0.4, 0.5) is 5.69 Å². The Kier molecular flexibility index (Phi) is 4.30. The Morgan fingerprint density at radius 1 is 1.40 bits per heavy atom. The van der Waals surface area contributed by atoms with E-state index in [2.05, 4.69) is 5.32 Å². The fourth-order valence-corrected chi connectivity index (χ4v) is 2.05. The molecule has 2 rings (SSSR count). The van der Waals surface area contributed by atoms with Gasteiger partial charge < -0.3 is 20.4 Å². The quantitative estimate of drug-likeness (QED) is 0.869. The third-order valence-electron chi connectivity index (χ3n) is 3.09. The monoisotopic (exact) mass is 273 g/mol. The van der Waals surface area contributed by atoms with Gasteiger partial charge in [0.25, 0.3) is 5.91 Å². The molecule has 0 bridgehead atoms. The average molecular weight is 273 g/mol. The number of carbonyl (C=O) groups excluding carboxylic acids is 1. The SMILES string of the molecule is COc1cccc(CCNC(=O)c2cc(N)cn2C)c1. The van der Waals surface area contributed by atoms with Crippen molar-refractivity contribution in [3.05, 3.63) is 47.8 Å². The lowest BCUT2D eigenvalue weighted by molar-refractivity contribution is 0.0946. The molecule has 1 aromatic heterocycles. The molecule has 1 heterocycles. The van der Waals surface area contributed by atoms with Crippen LogP contribution < -0.4 is 15.8 Å². The van der Waals surface area contributed by atoms with E-state index in [0.29, 0.717) is 17.9 Å². The minimum atomic E-state index is -0.118. The molecule has 0 aliphatic carbocycles. The summed E-state index contributed by atoms with van der Waals surface area (Å²) in [7, 11) is 3.44. The Balaban J connectivity index is 1.89. The summed E-state index contributed by atoms with van der Waals surface area (Å²) in [5.41, 5.74) is 7.93. The van der Waals surface area contributed by atoms with Crippen molar-refractivity contribution < 1.29 is 9.53 Å². The molecule has 3 N–H and O–H groups in total. The van der Waals surface area contributed by atoms with Gasteiger partial charge in [-0.3, -0.25) is 4.79 Å². The Morgan fingerprint density at radius 3 is 2.85 bits per heavy atom. The third kappa shape index (κ3) is 3.32. The number of methoxy groups -OCH3 is 1. The predicted molar refractivity (Wildman–Crippen MR) is 78.9 cm³/mol. The first-order valence-corrected chi connectivity index (χ1v) is 6.43. The molecule has 20 heavy (non-hydrogen) atoms. The number of aryl methyl sites for hydroxylation is 1. The largest absolute Gasteiger partial charge is 0.497 e. The van der Waals surface area contributed by atoms with Crippen molar-refractivity contribution >= 4 is 11.6 Å². The minimum Gasteiger partial charge on any atom is -0.497 e. The number of hydrogen-bond donors (Lipinski definition) is 2. The summed E-state index contributed by atoms with van der Waals surface area (Å²) in [6.45, 7) is 0.567. The van der Waals surface area contributed by atoms with E-state index in [0.717, 1.165) is 17.7 Å². The lowest BCUT2D eigenvalue weighted by atomic mass is 10.1. The molecule has 0 aliphatic rings. The van der Waals surface area contributed by atoms with Gasteiger partial charge in [-0.15, -0.1) is 0 Å². The van der Waals surface area contributed by atoms with Crippen LogP contribution in [-0.4, -0.2) is 24.1 Å². The van der Waals surface area contributed by atoms with E-state index in [9.17, 15) is 4.79 Å². The lowest BCUT2D eigenvalue weighted by Crippen LogP contribution is -2.27. The van der Waals surface area contributed by atoms with Gasteiger partial charge >= 0.3 is 0 Å². The lowest BCUT2D eigenvalue weighted by Gasteiger charge is -2.07. The van der Waals surface area contributed by atoms with Gasteiger partial charge in [0.2, 0.25) is 0 Å². The molecular weight excluding hydrogens is 254 g/mol. The highest BCUT2D eigenvalue weighted by Crippen LogP contribution is 2.13. The fraction of sp³-hybridized carbons (Fsp3) is 0.267. The van der Waals surface area contributed by atoms with E-state index in [1.165, 1.54) is 0 Å². The molecule has 1 aromatic carbocycles. The summed E-state index contributed by atoms with van der Waals surface area (Å²) in [4.78, 5) is 12.0. The van der Waals surface area contributed by atoms with Gasteiger partial charge in [-0.2, -0.15) is 0 Å². The van der Waals surface area contributed by atoms with Crippen molar-refractivity contribution in [2.45, 2.75) is 6.42 Å². The van der Waals surface area contributed by atoms with Gasteiger partial charge in [-0.1, -0.05) is 12.1 Å². The second-order valence-corrected chi connectivity index (χ2v) is 4.63. The number of anilines is 1. The molecule has 5 heteroatoms. The van der Waals surface area contributed by atoms with E-state index in [-0.39, 0.29) is 5.91 Å². The number of amides is 1. The number of benzene rings is 1. The van der Waals surface area contributed by atoms with Crippen LogP contribution in [0, 0.1) is 0 Å². The van der Waals surface area contributed by atoms with E-state index in [4.69, 9.17) is 10.5 Å². The maximum absolute atomic E-state index is 12.0. The summed E-state index contributed by atoms with van der Waals surface area (Å²) in [6, 6.07) is 9.48. The number of ether oxygens (including phenoxy) is 1. The molecule has 0 radical (unpaired) electrons. The number of nitrogens with two attached hydrogens (primary N) is 1. The highest BCUT2D eigenvalue weighted by molar-refractivity contribution is 5.93. The second kappa shape index (κ2) is 6.14. The summed E-state index contributed by atoms with van der Waals surface area (Å²) in [6.07, 6.45) is 2.47. The molecule has 0 aliphatic heterocycles. The van der Waals surface area contributed by atoms with Gasteiger partial charge in [-0.25, -0.2) is 0 Å². The third-order valence-corrected chi connectivity index (χ3v) is 3.09. The smallest absolute Gasteiger partial charge is 0.267 e. The highest BCUT2D eigenvalue weighted by atomic mass is 16.5. The van der Waals surface area contributed by atoms with Crippen molar-refractivity contribution in [3.8, 4) is 5.75 Å². The summed E-state index contributed by atoms with van der Waals surface area (Å²) in [5.74, 6) is 0.705. The number of hydrogen-bond acceptors (Lipinski definition) is 3. The average Bonchev–Trinajstić information content (AvgIpc) is 2.78. The van der Waals surface area contributed by atoms with Crippen molar-refractivity contribution in [1.82, 2.24) is 9.88 Å². The molecule has 0 saturated heterocycles. The molecule has 0 fully saturated rings. The summed E-state index contributed by atoms with van der Waals surface area (Å²) >= 11 is 0. The van der Waals surface area contributed by atoms with Crippen LogP contribution in [0.3, 0.4) is 0 Å². The van der Waals surface area contributed by atoms with Crippen molar-refractivity contribution in [2.24, 2.45) is 7.05 Å². The molecule has 1 amide bonds. The topological polar surface area (TPSA) is 69.3 Å². The van der Waals surface area contributed by atoms with Gasteiger partial charge in [0.15, 0.2) is 0 Å². The van der Waals surface area contributed by atoms with E-state index in [1.807, 2.05) is 24.3 Å². The van der Waals surface area contributed by atoms with Crippen LogP contribution in [0.25, 0.3) is 0 Å². The standard InChI is InChI=1S/C15H19N3O2/c1-18-10-12(16)9-14(18)15(19)17-7-6-11-4-3-5-13(8-11)20-2/h3-5,8-10H,6-7,16H2,1-2H3,(H,17,19). The van der Waals surface area contributed by atoms with Gasteiger partial charge in [-0.05, 0) is 30.2 Å². The van der Waals surface area contributed by atoms with Gasteiger partial charge in [0.05, 0.1) is 12.8 Å². The number of carbonyl (C=O) groups is 1. The second-order valence-electron chi connectivity index (χ2n) is 4.63. The number of rotatable bonds is 5. The zero-order valence-electron chi connectivity index (χ0n) is 11.7. The van der Waals surface area contributed by atoms with Gasteiger partial charge in [0.1, 0.15) is 11.4 Å². The summed E-state index contributed by atoms with van der Waals surface area (Å²) in [5, 5.41) is 2.88. The molecular formula is C15H19N3O2. The van der Waals surface area contributed by atoms with Crippen LogP contribution in [0.2, 0.25) is 0 Å². The minimum absolute atomic E-state index is 0.118. The van der Waals surface area contributed by atoms with E-state index < -0.39 is 0 Å². The maximum Gasteiger partial charge on any atom is 0.267 e. The van der Waals surface area contributed by atoms with Crippen LogP contribution in [-0.2, 0) is 13.5 Å². The molecule has 5 nitrogen and oxygen atoms in total. The first-order chi connectivity index (χ1) is 9.60. The Hall–Kier alpha value is -2.43. The van der Waals surface area contributed by atoms with Crippen LogP contribution >= 0.6 is 0 Å². The normalized spacial score (nSPS) is 10.3. The molecule has 106 valence electrons. The molecule has 0 atom stereocenters. The zero-order valence-corrected chi connectivity index (χ0v) is 11.7. The molecule has 0 spiro atoms. The Labute approximate surface area is 118 Å². The van der Waals surface area contributed by atoms with Crippen molar-refractivity contribution in [3.63, 3.8) is 0 Å². The first kappa shape index (κ1) is 14.0. The molecule has 2 aromatic rings. The van der Waals surface area contributed by atoms with Crippen molar-refractivity contribution in [1.29, 1.82) is 0 Å². The predicted octanol–water partition coefficient (Wildman–Crippen LogP) is 1.59. The maximum atomic E-state index is 12.0. The van der Waals surface area contributed by atoms with Crippen LogP contribution in [0.15, 0.2) is 36.5 Å². The van der Waals surface area contributed by atoms with E-state index >= 15 is 0 Å². The van der Waals surface area contributed by atoms with Crippen LogP contribution in [0.5, 0.6) is 5.75 Å². The van der Waals surface area contributed by atoms with Crippen LogP contribution in [0.1, 0.15) is 16.1 Å². The first-order valence-electron chi connectivity index (χ1n) is 6.43. The van der Waals surface area contributed by atoms with E-state index in [1.54, 1.807) is 31.0 Å². The Morgan fingerprint density at radius 2 is 2.20 bits per heavy atom. The number of nitrogens with zero attached hydrogens (tertiary/aromatic N) is 1. The fourth-order valence-electron chi connectivity index (χ4n) is 2.05. The highest BCUT2D eigenvalue weighted by Gasteiger charge is 2.09. The Bertz CT molecular complexity index is 605. The molecule has 0 unspecified atom stereocenters. The molecule has 0 saturated carbocycles. The number of nitrogen functional groups attached to an aromatic ring is 1. The van der Waals surface area contributed by atoms with Gasteiger partial charge in [0, 0.05) is 19.8 Å². The number of aromatic nitrogens is 1. The number of nitrogens with one attached hydrogen (secondary N) is 1. The summed E-state index contributed by atoms with van der Waals surface area (Å²) < 4.78 is 6.88. The zero-order chi connectivity index (χ0) is 14.5. The van der Waals surface area contributed by atoms with Crippen molar-refractivity contribution in [2.75, 3.05) is 19.4 Å².